The molecule has 1 saturated carbocycles. The first-order valence-corrected chi connectivity index (χ1v) is 6.62. The fraction of sp³-hybridized carbons (Fsp3) is 0.571. The molecule has 1 aromatic heterocycles. The van der Waals surface area contributed by atoms with Crippen LogP contribution < -0.4 is 10.5 Å². The highest BCUT2D eigenvalue weighted by Gasteiger charge is 2.25. The van der Waals surface area contributed by atoms with Crippen molar-refractivity contribution < 1.29 is 14.3 Å². The molecule has 0 aromatic carbocycles. The monoisotopic (exact) mass is 264 g/mol. The van der Waals surface area contributed by atoms with E-state index in [1.807, 2.05) is 0 Å². The standard InChI is InChI=1S/C14H20N2O3/c1-9-5-3-4-6-11(9)19-12-8-16-13(15)7-10(12)14(17)18-2/h7-9,11H,3-6H2,1-2H3,(H2,15,16). The lowest BCUT2D eigenvalue weighted by atomic mass is 9.88. The number of aromatic nitrogens is 1. The molecule has 0 amide bonds. The predicted molar refractivity (Wildman–Crippen MR) is 72.0 cm³/mol. The van der Waals surface area contributed by atoms with Gasteiger partial charge in [0.15, 0.2) is 5.75 Å². The number of esters is 1. The lowest BCUT2D eigenvalue weighted by Crippen LogP contribution is -2.29. The molecule has 0 saturated heterocycles. The molecular weight excluding hydrogens is 244 g/mol. The van der Waals surface area contributed by atoms with Crippen LogP contribution in [0.5, 0.6) is 5.75 Å². The highest BCUT2D eigenvalue weighted by atomic mass is 16.5. The number of ether oxygens (including phenoxy) is 2. The Balaban J connectivity index is 2.21. The summed E-state index contributed by atoms with van der Waals surface area (Å²) in [7, 11) is 1.34. The molecule has 2 rings (SSSR count). The van der Waals surface area contributed by atoms with Gasteiger partial charge in [0, 0.05) is 0 Å². The van der Waals surface area contributed by atoms with Crippen LogP contribution >= 0.6 is 0 Å². The summed E-state index contributed by atoms with van der Waals surface area (Å²) < 4.78 is 10.7. The van der Waals surface area contributed by atoms with Crippen molar-refractivity contribution in [3.63, 3.8) is 0 Å². The third kappa shape index (κ3) is 3.16. The Morgan fingerprint density at radius 2 is 2.16 bits per heavy atom. The van der Waals surface area contributed by atoms with Crippen molar-refractivity contribution in [2.45, 2.75) is 38.7 Å². The van der Waals surface area contributed by atoms with Crippen LogP contribution in [0.3, 0.4) is 0 Å². The maximum Gasteiger partial charge on any atom is 0.341 e. The molecule has 1 fully saturated rings. The number of nitrogens with zero attached hydrogens (tertiary/aromatic N) is 1. The molecule has 2 atom stereocenters. The first-order chi connectivity index (χ1) is 9.11. The topological polar surface area (TPSA) is 74.4 Å². The summed E-state index contributed by atoms with van der Waals surface area (Å²) in [6, 6.07) is 1.49. The van der Waals surface area contributed by atoms with Crippen molar-refractivity contribution in [2.75, 3.05) is 12.8 Å². The summed E-state index contributed by atoms with van der Waals surface area (Å²) in [6.45, 7) is 2.17. The van der Waals surface area contributed by atoms with E-state index in [2.05, 4.69) is 11.9 Å². The van der Waals surface area contributed by atoms with Crippen LogP contribution in [0.4, 0.5) is 5.82 Å². The van der Waals surface area contributed by atoms with Gasteiger partial charge >= 0.3 is 5.97 Å². The number of carbonyl (C=O) groups excluding carboxylic acids is 1. The van der Waals surface area contributed by atoms with Crippen molar-refractivity contribution in [2.24, 2.45) is 5.92 Å². The molecule has 1 heterocycles. The van der Waals surface area contributed by atoms with E-state index in [4.69, 9.17) is 15.2 Å². The second-order valence-electron chi connectivity index (χ2n) is 5.01. The molecule has 19 heavy (non-hydrogen) atoms. The van der Waals surface area contributed by atoms with E-state index >= 15 is 0 Å². The van der Waals surface area contributed by atoms with Gasteiger partial charge in [-0.3, -0.25) is 0 Å². The molecule has 2 unspecified atom stereocenters. The summed E-state index contributed by atoms with van der Waals surface area (Å²) in [4.78, 5) is 15.7. The highest BCUT2D eigenvalue weighted by molar-refractivity contribution is 5.93. The molecule has 104 valence electrons. The molecule has 1 aliphatic carbocycles. The van der Waals surface area contributed by atoms with Gasteiger partial charge in [0.2, 0.25) is 0 Å². The zero-order chi connectivity index (χ0) is 13.8. The van der Waals surface area contributed by atoms with Crippen LogP contribution in [0.15, 0.2) is 12.3 Å². The Morgan fingerprint density at radius 1 is 1.42 bits per heavy atom. The van der Waals surface area contributed by atoms with E-state index in [0.29, 0.717) is 17.2 Å². The number of rotatable bonds is 3. The van der Waals surface area contributed by atoms with E-state index in [1.165, 1.54) is 25.8 Å². The van der Waals surface area contributed by atoms with Crippen LogP contribution in [0, 0.1) is 5.92 Å². The van der Waals surface area contributed by atoms with Crippen molar-refractivity contribution >= 4 is 11.8 Å². The number of nitrogens with two attached hydrogens (primary N) is 1. The van der Waals surface area contributed by atoms with E-state index in [-0.39, 0.29) is 11.9 Å². The van der Waals surface area contributed by atoms with Crippen molar-refractivity contribution in [3.8, 4) is 5.75 Å². The van der Waals surface area contributed by atoms with Gasteiger partial charge in [-0.25, -0.2) is 9.78 Å². The van der Waals surface area contributed by atoms with Crippen LogP contribution in [-0.4, -0.2) is 24.2 Å². The number of hydrogen-bond donors (Lipinski definition) is 1. The summed E-state index contributed by atoms with van der Waals surface area (Å²) in [6.07, 6.45) is 6.19. The molecular formula is C14H20N2O3. The van der Waals surface area contributed by atoms with E-state index in [0.717, 1.165) is 19.3 Å². The van der Waals surface area contributed by atoms with E-state index in [9.17, 15) is 4.79 Å². The quantitative estimate of drug-likeness (QED) is 0.848. The minimum atomic E-state index is -0.451. The fourth-order valence-electron chi connectivity index (χ4n) is 2.44. The fourth-order valence-corrected chi connectivity index (χ4v) is 2.44. The average molecular weight is 264 g/mol. The lowest BCUT2D eigenvalue weighted by Gasteiger charge is -2.29. The Labute approximate surface area is 113 Å². The molecule has 0 bridgehead atoms. The second-order valence-corrected chi connectivity index (χ2v) is 5.01. The van der Waals surface area contributed by atoms with Crippen molar-refractivity contribution in [1.82, 2.24) is 4.98 Å². The van der Waals surface area contributed by atoms with Crippen molar-refractivity contribution in [1.29, 1.82) is 0 Å². The van der Waals surface area contributed by atoms with Gasteiger partial charge in [-0.1, -0.05) is 13.3 Å². The molecule has 0 spiro atoms. The maximum absolute atomic E-state index is 11.7. The van der Waals surface area contributed by atoms with Gasteiger partial charge in [-0.05, 0) is 31.2 Å². The minimum Gasteiger partial charge on any atom is -0.488 e. The van der Waals surface area contributed by atoms with Crippen LogP contribution in [0.25, 0.3) is 0 Å². The Morgan fingerprint density at radius 3 is 2.84 bits per heavy atom. The molecule has 0 aliphatic heterocycles. The normalized spacial score (nSPS) is 22.8. The minimum absolute atomic E-state index is 0.127. The predicted octanol–water partition coefficient (Wildman–Crippen LogP) is 2.41. The molecule has 2 N–H and O–H groups in total. The van der Waals surface area contributed by atoms with E-state index < -0.39 is 5.97 Å². The number of nitrogen functional groups attached to an aromatic ring is 1. The number of pyridine rings is 1. The summed E-state index contributed by atoms with van der Waals surface area (Å²) >= 11 is 0. The lowest BCUT2D eigenvalue weighted by molar-refractivity contribution is 0.0580. The van der Waals surface area contributed by atoms with Gasteiger partial charge in [0.05, 0.1) is 13.3 Å². The molecule has 5 heteroatoms. The first-order valence-electron chi connectivity index (χ1n) is 6.62. The zero-order valence-corrected chi connectivity index (χ0v) is 11.4. The summed E-state index contributed by atoms with van der Waals surface area (Å²) in [5.41, 5.74) is 5.95. The highest BCUT2D eigenvalue weighted by Crippen LogP contribution is 2.30. The Bertz CT molecular complexity index is 462. The summed E-state index contributed by atoms with van der Waals surface area (Å²) in [5, 5.41) is 0. The van der Waals surface area contributed by atoms with E-state index in [1.54, 1.807) is 0 Å². The first kappa shape index (κ1) is 13.6. The molecule has 0 radical (unpaired) electrons. The van der Waals surface area contributed by atoms with Gasteiger partial charge in [0.1, 0.15) is 17.5 Å². The number of hydrogen-bond acceptors (Lipinski definition) is 5. The maximum atomic E-state index is 11.7. The molecule has 1 aromatic rings. The SMILES string of the molecule is COC(=O)c1cc(N)ncc1OC1CCCCC1C. The zero-order valence-electron chi connectivity index (χ0n) is 11.4. The largest absolute Gasteiger partial charge is 0.488 e. The Kier molecular flexibility index (Phi) is 4.24. The number of methoxy groups -OCH3 is 1. The molecule has 5 nitrogen and oxygen atoms in total. The number of anilines is 1. The van der Waals surface area contributed by atoms with Crippen molar-refractivity contribution in [3.05, 3.63) is 17.8 Å². The third-order valence-electron chi connectivity index (χ3n) is 3.60. The summed E-state index contributed by atoms with van der Waals surface area (Å²) in [5.74, 6) is 0.772. The van der Waals surface area contributed by atoms with Crippen LogP contribution in [0.1, 0.15) is 43.0 Å². The van der Waals surface area contributed by atoms with Gasteiger partial charge in [0.25, 0.3) is 0 Å². The third-order valence-corrected chi connectivity index (χ3v) is 3.60. The van der Waals surface area contributed by atoms with Gasteiger partial charge in [-0.15, -0.1) is 0 Å². The Hall–Kier alpha value is -1.78. The van der Waals surface area contributed by atoms with Gasteiger partial charge < -0.3 is 15.2 Å². The second kappa shape index (κ2) is 5.91. The van der Waals surface area contributed by atoms with Crippen LogP contribution in [-0.2, 0) is 4.74 Å². The average Bonchev–Trinajstić information content (AvgIpc) is 2.42. The van der Waals surface area contributed by atoms with Gasteiger partial charge in [-0.2, -0.15) is 0 Å². The van der Waals surface area contributed by atoms with Crippen LogP contribution in [0.2, 0.25) is 0 Å². The number of carbonyl (C=O) groups is 1. The smallest absolute Gasteiger partial charge is 0.341 e. The molecule has 1 aliphatic rings.